The van der Waals surface area contributed by atoms with Gasteiger partial charge in [-0.05, 0) is 94.7 Å². The fraction of sp³-hybridized carbons (Fsp3) is 0.120. The van der Waals surface area contributed by atoms with Crippen LogP contribution in [0.3, 0.4) is 0 Å². The Kier molecular flexibility index (Phi) is 7.42. The Labute approximate surface area is 305 Å². The van der Waals surface area contributed by atoms with Gasteiger partial charge in [0.05, 0.1) is 16.7 Å². The summed E-state index contributed by atoms with van der Waals surface area (Å²) in [5.41, 5.74) is 10.0. The SMILES string of the molecule is c1ccc(N(c2ccc(C3(c4ccccc4)CCCCC3)cc2)c2ccc3c(c2)c2ccccc2n3-c2cc3ccccc3c3ccccc23)cc1. The molecule has 0 amide bonds. The summed E-state index contributed by atoms with van der Waals surface area (Å²) < 4.78 is 2.47. The molecule has 0 bridgehead atoms. The van der Waals surface area contributed by atoms with E-state index in [1.165, 1.54) is 92.3 Å². The maximum absolute atomic E-state index is 2.47. The Bertz CT molecular complexity index is 2700. The molecule has 10 rings (SSSR count). The highest BCUT2D eigenvalue weighted by Crippen LogP contribution is 2.46. The fourth-order valence-electron chi connectivity index (χ4n) is 9.19. The summed E-state index contributed by atoms with van der Waals surface area (Å²) >= 11 is 0. The monoisotopic (exact) mass is 668 g/mol. The molecule has 9 aromatic rings. The van der Waals surface area contributed by atoms with Crippen LogP contribution in [-0.2, 0) is 5.41 Å². The first-order chi connectivity index (χ1) is 25.8. The van der Waals surface area contributed by atoms with Crippen molar-refractivity contribution in [3.63, 3.8) is 0 Å². The molecule has 2 nitrogen and oxygen atoms in total. The standard InChI is InChI=1S/C50H40N2/c1-4-17-37(18-5-1)50(32-14-3-15-33-50)38-26-28-40(29-27-38)51(39-19-6-2-7-20-39)41-30-31-48-46(35-41)45-24-12-13-25-47(45)52(48)49-34-36-16-8-9-21-42(36)43-22-10-11-23-44(43)49/h1-2,4-13,16-31,34-35H,3,14-15,32-33H2. The first kappa shape index (κ1) is 30.7. The lowest BCUT2D eigenvalue weighted by Crippen LogP contribution is -2.30. The minimum atomic E-state index is 0.0727. The minimum absolute atomic E-state index is 0.0727. The molecule has 0 atom stereocenters. The van der Waals surface area contributed by atoms with E-state index in [0.29, 0.717) is 0 Å². The summed E-state index contributed by atoms with van der Waals surface area (Å²) in [6.07, 6.45) is 6.27. The molecule has 1 heterocycles. The van der Waals surface area contributed by atoms with Crippen LogP contribution in [-0.4, -0.2) is 4.57 Å². The van der Waals surface area contributed by atoms with Crippen LogP contribution < -0.4 is 4.90 Å². The van der Waals surface area contributed by atoms with Crippen LogP contribution in [0, 0.1) is 0 Å². The average molecular weight is 669 g/mol. The molecule has 2 heteroatoms. The van der Waals surface area contributed by atoms with E-state index < -0.39 is 0 Å². The van der Waals surface area contributed by atoms with Crippen molar-refractivity contribution in [3.8, 4) is 5.69 Å². The van der Waals surface area contributed by atoms with Crippen molar-refractivity contribution in [3.05, 3.63) is 193 Å². The lowest BCUT2D eigenvalue weighted by Gasteiger charge is -2.39. The third-order valence-corrected chi connectivity index (χ3v) is 11.6. The lowest BCUT2D eigenvalue weighted by molar-refractivity contribution is 0.346. The van der Waals surface area contributed by atoms with Crippen LogP contribution in [0.25, 0.3) is 49.0 Å². The second-order valence-corrected chi connectivity index (χ2v) is 14.4. The quantitative estimate of drug-likeness (QED) is 0.160. The maximum atomic E-state index is 2.47. The first-order valence-electron chi connectivity index (χ1n) is 18.7. The van der Waals surface area contributed by atoms with E-state index in [9.17, 15) is 0 Å². The van der Waals surface area contributed by atoms with Crippen LogP contribution in [0.15, 0.2) is 182 Å². The van der Waals surface area contributed by atoms with Crippen molar-refractivity contribution in [2.24, 2.45) is 0 Å². The van der Waals surface area contributed by atoms with Gasteiger partial charge in [-0.1, -0.05) is 147 Å². The highest BCUT2D eigenvalue weighted by molar-refractivity contribution is 6.15. The Hall–Kier alpha value is -6.12. The Morgan fingerprint density at radius 2 is 0.942 bits per heavy atom. The van der Waals surface area contributed by atoms with Crippen molar-refractivity contribution >= 4 is 60.4 Å². The normalized spacial score (nSPS) is 14.3. The van der Waals surface area contributed by atoms with Crippen molar-refractivity contribution < 1.29 is 0 Å². The van der Waals surface area contributed by atoms with Crippen LogP contribution in [0.4, 0.5) is 17.1 Å². The number of rotatable bonds is 6. The Morgan fingerprint density at radius 1 is 0.385 bits per heavy atom. The topological polar surface area (TPSA) is 8.17 Å². The van der Waals surface area contributed by atoms with Gasteiger partial charge in [0.25, 0.3) is 0 Å². The number of hydrogen-bond donors (Lipinski definition) is 0. The van der Waals surface area contributed by atoms with Crippen molar-refractivity contribution in [1.29, 1.82) is 0 Å². The highest BCUT2D eigenvalue weighted by atomic mass is 15.1. The summed E-state index contributed by atoms with van der Waals surface area (Å²) in [7, 11) is 0. The summed E-state index contributed by atoms with van der Waals surface area (Å²) in [6, 6.07) is 67.3. The molecule has 52 heavy (non-hydrogen) atoms. The van der Waals surface area contributed by atoms with E-state index in [4.69, 9.17) is 0 Å². The average Bonchev–Trinajstić information content (AvgIpc) is 3.55. The molecule has 0 saturated heterocycles. The third-order valence-electron chi connectivity index (χ3n) is 11.6. The highest BCUT2D eigenvalue weighted by Gasteiger charge is 2.35. The molecule has 1 aliphatic rings. The lowest BCUT2D eigenvalue weighted by atomic mass is 9.65. The van der Waals surface area contributed by atoms with E-state index >= 15 is 0 Å². The molecule has 0 N–H and O–H groups in total. The minimum Gasteiger partial charge on any atom is -0.310 e. The first-order valence-corrected chi connectivity index (χ1v) is 18.7. The zero-order valence-corrected chi connectivity index (χ0v) is 29.3. The number of benzene rings is 8. The zero-order valence-electron chi connectivity index (χ0n) is 29.3. The summed E-state index contributed by atoms with van der Waals surface area (Å²) in [4.78, 5) is 2.41. The van der Waals surface area contributed by atoms with Gasteiger partial charge in [-0.3, -0.25) is 0 Å². The molecule has 8 aromatic carbocycles. The molecule has 1 aromatic heterocycles. The predicted molar refractivity (Wildman–Crippen MR) is 221 cm³/mol. The molecule has 0 aliphatic heterocycles. The van der Waals surface area contributed by atoms with Crippen LogP contribution in [0.2, 0.25) is 0 Å². The number of anilines is 3. The van der Waals surface area contributed by atoms with Crippen molar-refractivity contribution in [2.45, 2.75) is 37.5 Å². The van der Waals surface area contributed by atoms with E-state index in [2.05, 4.69) is 191 Å². The van der Waals surface area contributed by atoms with Gasteiger partial charge >= 0.3 is 0 Å². The number of fused-ring (bicyclic) bond motifs is 6. The molecule has 0 spiro atoms. The molecule has 0 radical (unpaired) electrons. The van der Waals surface area contributed by atoms with Gasteiger partial charge in [0.15, 0.2) is 0 Å². The van der Waals surface area contributed by atoms with Gasteiger partial charge in [0, 0.05) is 38.6 Å². The number of hydrogen-bond acceptors (Lipinski definition) is 1. The predicted octanol–water partition coefficient (Wildman–Crippen LogP) is 13.8. The smallest absolute Gasteiger partial charge is 0.0546 e. The van der Waals surface area contributed by atoms with Crippen molar-refractivity contribution in [1.82, 2.24) is 4.57 Å². The van der Waals surface area contributed by atoms with Gasteiger partial charge < -0.3 is 9.47 Å². The summed E-state index contributed by atoms with van der Waals surface area (Å²) in [5, 5.41) is 7.56. The molecule has 1 saturated carbocycles. The van der Waals surface area contributed by atoms with Crippen LogP contribution in [0.5, 0.6) is 0 Å². The van der Waals surface area contributed by atoms with Gasteiger partial charge in [0.1, 0.15) is 0 Å². The second kappa shape index (κ2) is 12.6. The third kappa shape index (κ3) is 4.93. The number of para-hydroxylation sites is 2. The largest absolute Gasteiger partial charge is 0.310 e. The van der Waals surface area contributed by atoms with E-state index in [1.807, 2.05) is 0 Å². The molecular weight excluding hydrogens is 629 g/mol. The van der Waals surface area contributed by atoms with Gasteiger partial charge in [-0.15, -0.1) is 0 Å². The van der Waals surface area contributed by atoms with Gasteiger partial charge in [-0.25, -0.2) is 0 Å². The van der Waals surface area contributed by atoms with E-state index in [-0.39, 0.29) is 5.41 Å². The number of aromatic nitrogens is 1. The Balaban J connectivity index is 1.14. The number of nitrogens with zero attached hydrogens (tertiary/aromatic N) is 2. The van der Waals surface area contributed by atoms with E-state index in [0.717, 1.165) is 17.1 Å². The van der Waals surface area contributed by atoms with Crippen LogP contribution >= 0.6 is 0 Å². The summed E-state index contributed by atoms with van der Waals surface area (Å²) in [6.45, 7) is 0. The second-order valence-electron chi connectivity index (χ2n) is 14.4. The summed E-state index contributed by atoms with van der Waals surface area (Å²) in [5.74, 6) is 0. The molecule has 1 aliphatic carbocycles. The molecule has 0 unspecified atom stereocenters. The fourth-order valence-corrected chi connectivity index (χ4v) is 9.19. The van der Waals surface area contributed by atoms with Crippen LogP contribution in [0.1, 0.15) is 43.2 Å². The van der Waals surface area contributed by atoms with Gasteiger partial charge in [-0.2, -0.15) is 0 Å². The zero-order chi connectivity index (χ0) is 34.5. The molecule has 250 valence electrons. The molecular formula is C50H40N2. The van der Waals surface area contributed by atoms with Gasteiger partial charge in [0.2, 0.25) is 0 Å². The Morgan fingerprint density at radius 3 is 1.71 bits per heavy atom. The van der Waals surface area contributed by atoms with Crippen molar-refractivity contribution in [2.75, 3.05) is 4.90 Å². The molecule has 1 fully saturated rings. The maximum Gasteiger partial charge on any atom is 0.0546 e. The van der Waals surface area contributed by atoms with E-state index in [1.54, 1.807) is 0 Å².